The van der Waals surface area contributed by atoms with Crippen molar-refractivity contribution in [1.82, 2.24) is 19.9 Å². The van der Waals surface area contributed by atoms with E-state index in [0.717, 1.165) is 5.56 Å². The van der Waals surface area contributed by atoms with E-state index in [9.17, 15) is 8.60 Å². The molecule has 0 saturated heterocycles. The molecule has 0 fully saturated rings. The number of nitrogens with zero attached hydrogens (tertiary/aromatic N) is 3. The Morgan fingerprint density at radius 3 is 2.66 bits per heavy atom. The van der Waals surface area contributed by atoms with Crippen molar-refractivity contribution >= 4 is 22.0 Å². The van der Waals surface area contributed by atoms with Gasteiger partial charge < -0.3 is 14.5 Å². The van der Waals surface area contributed by atoms with E-state index in [2.05, 4.69) is 19.9 Å². The van der Waals surface area contributed by atoms with Gasteiger partial charge in [0.25, 0.3) is 0 Å². The molecule has 0 aliphatic rings. The van der Waals surface area contributed by atoms with Crippen LogP contribution in [0.15, 0.2) is 53.8 Å². The van der Waals surface area contributed by atoms with E-state index in [-0.39, 0.29) is 11.6 Å². The molecule has 1 aromatic carbocycles. The minimum absolute atomic E-state index is 0.196. The first-order valence-corrected chi connectivity index (χ1v) is 10.0. The van der Waals surface area contributed by atoms with E-state index in [0.29, 0.717) is 39.4 Å². The van der Waals surface area contributed by atoms with Gasteiger partial charge in [-0.25, -0.2) is 9.37 Å². The Morgan fingerprint density at radius 2 is 1.90 bits per heavy atom. The molecule has 1 unspecified atom stereocenters. The van der Waals surface area contributed by atoms with Crippen LogP contribution in [0.4, 0.5) is 4.39 Å². The average molecular weight is 412 g/mol. The summed E-state index contributed by atoms with van der Waals surface area (Å²) < 4.78 is 36.7. The maximum atomic E-state index is 13.0. The van der Waals surface area contributed by atoms with Gasteiger partial charge in [0.15, 0.2) is 10.8 Å². The number of imidazole rings is 1. The Hall–Kier alpha value is -3.33. The summed E-state index contributed by atoms with van der Waals surface area (Å²) in [7, 11) is 0.141. The van der Waals surface area contributed by atoms with E-state index >= 15 is 0 Å². The minimum Gasteiger partial charge on any atom is -0.496 e. The molecule has 1 N–H and O–H groups in total. The van der Waals surface area contributed by atoms with Gasteiger partial charge >= 0.3 is 0 Å². The van der Waals surface area contributed by atoms with Gasteiger partial charge in [-0.3, -0.25) is 9.19 Å². The van der Waals surface area contributed by atoms with E-state index < -0.39 is 10.8 Å². The van der Waals surface area contributed by atoms with Crippen molar-refractivity contribution in [2.24, 2.45) is 0 Å². The SMILES string of the molecule is COc1ccnc(CS(=O)c2nc3nc(Oc4ccc(F)cc4)ccc3[nH]2)c1C. The van der Waals surface area contributed by atoms with E-state index in [1.807, 2.05) is 6.92 Å². The van der Waals surface area contributed by atoms with Gasteiger partial charge in [0.2, 0.25) is 5.88 Å². The highest BCUT2D eigenvalue weighted by molar-refractivity contribution is 7.84. The number of H-pyrrole nitrogens is 1. The predicted molar refractivity (Wildman–Crippen MR) is 106 cm³/mol. The number of hydrogen-bond donors (Lipinski definition) is 1. The second kappa shape index (κ2) is 7.96. The zero-order valence-corrected chi connectivity index (χ0v) is 16.5. The molecule has 3 aromatic heterocycles. The Kier molecular flexibility index (Phi) is 5.22. The molecule has 0 bridgehead atoms. The number of methoxy groups -OCH3 is 1. The molecule has 1 atom stereocenters. The fourth-order valence-corrected chi connectivity index (χ4v) is 3.85. The first-order valence-electron chi connectivity index (χ1n) is 8.70. The maximum Gasteiger partial charge on any atom is 0.221 e. The van der Waals surface area contributed by atoms with Gasteiger partial charge in [-0.1, -0.05) is 0 Å². The molecule has 148 valence electrons. The number of pyridine rings is 2. The highest BCUT2D eigenvalue weighted by atomic mass is 32.2. The van der Waals surface area contributed by atoms with Crippen LogP contribution in [0.3, 0.4) is 0 Å². The summed E-state index contributed by atoms with van der Waals surface area (Å²) in [5, 5.41) is 0.301. The van der Waals surface area contributed by atoms with Crippen molar-refractivity contribution in [2.45, 2.75) is 17.8 Å². The summed E-state index contributed by atoms with van der Waals surface area (Å²) in [5.74, 6) is 1.30. The molecule has 7 nitrogen and oxygen atoms in total. The third kappa shape index (κ3) is 4.09. The topological polar surface area (TPSA) is 90.0 Å². The number of benzene rings is 1. The van der Waals surface area contributed by atoms with Crippen LogP contribution in [0.1, 0.15) is 11.3 Å². The summed E-state index contributed by atoms with van der Waals surface area (Å²) in [6.45, 7) is 1.87. The van der Waals surface area contributed by atoms with E-state index in [1.54, 1.807) is 31.5 Å². The molecule has 4 rings (SSSR count). The molecule has 0 aliphatic heterocycles. The standard InChI is InChI=1S/C20H17FN4O3S/c1-12-16(22-10-9-17(12)27-2)11-29(26)20-23-15-7-8-18(24-19(15)25-20)28-14-5-3-13(21)4-6-14/h3-10H,11H2,1-2H3,(H,23,24,25). The van der Waals surface area contributed by atoms with Crippen LogP contribution in [-0.4, -0.2) is 31.3 Å². The van der Waals surface area contributed by atoms with Crippen LogP contribution in [0.25, 0.3) is 11.2 Å². The van der Waals surface area contributed by atoms with Crippen molar-refractivity contribution in [1.29, 1.82) is 0 Å². The molecule has 0 amide bonds. The summed E-state index contributed by atoms with van der Waals surface area (Å²) in [6.07, 6.45) is 1.62. The Balaban J connectivity index is 1.55. The Labute approximate surface area is 168 Å². The Morgan fingerprint density at radius 1 is 1.10 bits per heavy atom. The lowest BCUT2D eigenvalue weighted by molar-refractivity contribution is 0.410. The number of halogens is 1. The minimum atomic E-state index is -1.44. The van der Waals surface area contributed by atoms with E-state index in [1.165, 1.54) is 24.3 Å². The van der Waals surface area contributed by atoms with Crippen molar-refractivity contribution < 1.29 is 18.1 Å². The smallest absolute Gasteiger partial charge is 0.221 e. The number of nitrogens with one attached hydrogen (secondary N) is 1. The first kappa shape index (κ1) is 19.0. The van der Waals surface area contributed by atoms with Crippen LogP contribution in [0.5, 0.6) is 17.4 Å². The molecule has 4 aromatic rings. The second-order valence-electron chi connectivity index (χ2n) is 6.19. The number of ether oxygens (including phenoxy) is 2. The van der Waals surface area contributed by atoms with Crippen molar-refractivity contribution in [2.75, 3.05) is 7.11 Å². The summed E-state index contributed by atoms with van der Waals surface area (Å²) >= 11 is 0. The monoisotopic (exact) mass is 412 g/mol. The van der Waals surface area contributed by atoms with E-state index in [4.69, 9.17) is 9.47 Å². The third-order valence-electron chi connectivity index (χ3n) is 4.30. The van der Waals surface area contributed by atoms with Gasteiger partial charge in [-0.15, -0.1) is 0 Å². The van der Waals surface area contributed by atoms with Gasteiger partial charge in [0.05, 0.1) is 34.9 Å². The van der Waals surface area contributed by atoms with Crippen LogP contribution < -0.4 is 9.47 Å². The van der Waals surface area contributed by atoms with Crippen LogP contribution >= 0.6 is 0 Å². The summed E-state index contributed by atoms with van der Waals surface area (Å²) in [5.41, 5.74) is 2.53. The lowest BCUT2D eigenvalue weighted by Gasteiger charge is -2.08. The van der Waals surface area contributed by atoms with Crippen molar-refractivity contribution in [3.63, 3.8) is 0 Å². The average Bonchev–Trinajstić information content (AvgIpc) is 3.15. The zero-order valence-electron chi connectivity index (χ0n) is 15.7. The fraction of sp³-hybridized carbons (Fsp3) is 0.150. The number of hydrogen-bond acceptors (Lipinski definition) is 6. The fourth-order valence-electron chi connectivity index (χ4n) is 2.76. The highest BCUT2D eigenvalue weighted by Crippen LogP contribution is 2.24. The van der Waals surface area contributed by atoms with Crippen LogP contribution in [0.2, 0.25) is 0 Å². The first-order chi connectivity index (χ1) is 14.0. The number of aromatic amines is 1. The molecule has 0 spiro atoms. The Bertz CT molecular complexity index is 1190. The van der Waals surface area contributed by atoms with Crippen LogP contribution in [-0.2, 0) is 16.6 Å². The van der Waals surface area contributed by atoms with Crippen molar-refractivity contribution in [3.05, 3.63) is 65.7 Å². The summed E-state index contributed by atoms with van der Waals surface area (Å²) in [6, 6.07) is 10.8. The maximum absolute atomic E-state index is 13.0. The molecule has 0 aliphatic carbocycles. The summed E-state index contributed by atoms with van der Waals surface area (Å²) in [4.78, 5) is 16.0. The molecule has 0 radical (unpaired) electrons. The zero-order chi connectivity index (χ0) is 20.4. The highest BCUT2D eigenvalue weighted by Gasteiger charge is 2.15. The molecule has 29 heavy (non-hydrogen) atoms. The van der Waals surface area contributed by atoms with Gasteiger partial charge in [0, 0.05) is 17.8 Å². The van der Waals surface area contributed by atoms with Gasteiger partial charge in [-0.2, -0.15) is 4.98 Å². The molecule has 3 heterocycles. The van der Waals surface area contributed by atoms with Crippen LogP contribution in [0, 0.1) is 12.7 Å². The largest absolute Gasteiger partial charge is 0.496 e. The molecular weight excluding hydrogens is 395 g/mol. The lowest BCUT2D eigenvalue weighted by Crippen LogP contribution is -2.03. The number of rotatable bonds is 6. The van der Waals surface area contributed by atoms with Crippen molar-refractivity contribution in [3.8, 4) is 17.4 Å². The molecule has 0 saturated carbocycles. The quantitative estimate of drug-likeness (QED) is 0.516. The number of fused-ring (bicyclic) bond motifs is 1. The molecular formula is C20H17FN4O3S. The predicted octanol–water partition coefficient (Wildman–Crippen LogP) is 3.91. The van der Waals surface area contributed by atoms with Gasteiger partial charge in [0.1, 0.15) is 17.3 Å². The second-order valence-corrected chi connectivity index (χ2v) is 7.56. The molecule has 9 heteroatoms. The normalized spacial score (nSPS) is 12.1. The third-order valence-corrected chi connectivity index (χ3v) is 5.46. The van der Waals surface area contributed by atoms with Gasteiger partial charge in [-0.05, 0) is 43.3 Å². The lowest BCUT2D eigenvalue weighted by atomic mass is 10.2. The number of aromatic nitrogens is 4.